The molecule has 3 heterocycles. The first-order valence-electron chi connectivity index (χ1n) is 11.0. The molecule has 1 aromatic carbocycles. The zero-order valence-electron chi connectivity index (χ0n) is 19.3. The summed E-state index contributed by atoms with van der Waals surface area (Å²) in [4.78, 5) is 25.3. The van der Waals surface area contributed by atoms with Gasteiger partial charge in [-0.05, 0) is 19.4 Å². The summed E-state index contributed by atoms with van der Waals surface area (Å²) in [6.45, 7) is 11.0. The van der Waals surface area contributed by atoms with Gasteiger partial charge in [-0.15, -0.1) is 0 Å². The molecule has 0 aliphatic carbocycles. The van der Waals surface area contributed by atoms with Crippen molar-refractivity contribution in [2.45, 2.75) is 33.9 Å². The van der Waals surface area contributed by atoms with E-state index in [-0.39, 0.29) is 5.91 Å². The van der Waals surface area contributed by atoms with E-state index in [2.05, 4.69) is 56.2 Å². The average molecular weight is 434 g/mol. The van der Waals surface area contributed by atoms with Gasteiger partial charge in [0.25, 0.3) is 0 Å². The molecule has 1 N–H and O–H groups in total. The smallest absolute Gasteiger partial charge is 0.217 e. The number of aryl methyl sites for hydroxylation is 2. The predicted molar refractivity (Wildman–Crippen MR) is 125 cm³/mol. The zero-order valence-corrected chi connectivity index (χ0v) is 19.3. The van der Waals surface area contributed by atoms with Gasteiger partial charge in [-0.1, -0.05) is 24.3 Å². The molecule has 0 bridgehead atoms. The first-order valence-corrected chi connectivity index (χ1v) is 11.0. The van der Waals surface area contributed by atoms with Gasteiger partial charge in [-0.3, -0.25) is 19.4 Å². The van der Waals surface area contributed by atoms with Gasteiger partial charge < -0.3 is 10.2 Å². The summed E-state index contributed by atoms with van der Waals surface area (Å²) >= 11 is 0. The van der Waals surface area contributed by atoms with E-state index >= 15 is 0 Å². The van der Waals surface area contributed by atoms with Crippen molar-refractivity contribution in [3.05, 3.63) is 59.2 Å². The Bertz CT molecular complexity index is 1080. The lowest BCUT2D eigenvalue weighted by molar-refractivity contribution is -0.119. The molecule has 1 fully saturated rings. The summed E-state index contributed by atoms with van der Waals surface area (Å²) in [7, 11) is 2.01. The zero-order chi connectivity index (χ0) is 22.7. The highest BCUT2D eigenvalue weighted by Crippen LogP contribution is 2.28. The first kappa shape index (κ1) is 22.0. The summed E-state index contributed by atoms with van der Waals surface area (Å²) in [6, 6.07) is 8.16. The fourth-order valence-electron chi connectivity index (χ4n) is 4.16. The fraction of sp³-hybridized carbons (Fsp3) is 0.417. The molecule has 1 saturated heterocycles. The van der Waals surface area contributed by atoms with Crippen molar-refractivity contribution in [1.29, 1.82) is 0 Å². The van der Waals surface area contributed by atoms with Crippen LogP contribution in [0, 0.1) is 13.8 Å². The van der Waals surface area contributed by atoms with Crippen LogP contribution in [0.4, 0.5) is 5.82 Å². The van der Waals surface area contributed by atoms with E-state index < -0.39 is 0 Å². The second kappa shape index (κ2) is 9.48. The van der Waals surface area contributed by atoms with Crippen LogP contribution in [0.15, 0.2) is 36.7 Å². The van der Waals surface area contributed by atoms with E-state index in [0.29, 0.717) is 6.54 Å². The topological polar surface area (TPSA) is 79.2 Å². The van der Waals surface area contributed by atoms with Gasteiger partial charge in [-0.25, -0.2) is 4.98 Å². The normalized spacial score (nSPS) is 14.6. The number of piperazine rings is 1. The summed E-state index contributed by atoms with van der Waals surface area (Å²) in [5.74, 6) is 0.897. The van der Waals surface area contributed by atoms with Crippen LogP contribution < -0.4 is 10.2 Å². The van der Waals surface area contributed by atoms with Gasteiger partial charge in [-0.2, -0.15) is 5.10 Å². The molecule has 8 nitrogen and oxygen atoms in total. The summed E-state index contributed by atoms with van der Waals surface area (Å²) < 4.78 is 1.97. The molecule has 8 heteroatoms. The molecule has 4 rings (SSSR count). The molecule has 168 valence electrons. The fourth-order valence-corrected chi connectivity index (χ4v) is 4.16. The molecule has 2 aromatic heterocycles. The van der Waals surface area contributed by atoms with Gasteiger partial charge >= 0.3 is 0 Å². The van der Waals surface area contributed by atoms with E-state index in [0.717, 1.165) is 61.1 Å². The average Bonchev–Trinajstić information content (AvgIpc) is 3.04. The number of nitrogens with one attached hydrogen (secondary N) is 1. The third kappa shape index (κ3) is 4.80. The molecule has 0 atom stereocenters. The van der Waals surface area contributed by atoms with Crippen molar-refractivity contribution in [2.24, 2.45) is 7.05 Å². The molecule has 3 aromatic rings. The molecular weight excluding hydrogens is 402 g/mol. The molecule has 1 amide bonds. The van der Waals surface area contributed by atoms with Crippen molar-refractivity contribution in [2.75, 3.05) is 31.1 Å². The van der Waals surface area contributed by atoms with Crippen LogP contribution >= 0.6 is 0 Å². The Kier molecular flexibility index (Phi) is 6.50. The Morgan fingerprint density at radius 3 is 2.34 bits per heavy atom. The number of hydrogen-bond donors (Lipinski definition) is 1. The molecule has 0 unspecified atom stereocenters. The Hall–Kier alpha value is -3.26. The molecule has 1 aliphatic rings. The van der Waals surface area contributed by atoms with E-state index in [1.165, 1.54) is 18.2 Å². The third-order valence-corrected chi connectivity index (χ3v) is 6.16. The van der Waals surface area contributed by atoms with Crippen LogP contribution in [0.1, 0.15) is 29.4 Å². The largest absolute Gasteiger partial charge is 0.352 e. The van der Waals surface area contributed by atoms with Crippen LogP contribution in [0.3, 0.4) is 0 Å². The van der Waals surface area contributed by atoms with Crippen molar-refractivity contribution in [1.82, 2.24) is 30.0 Å². The van der Waals surface area contributed by atoms with Crippen molar-refractivity contribution >= 4 is 11.7 Å². The minimum Gasteiger partial charge on any atom is -0.352 e. The summed E-state index contributed by atoms with van der Waals surface area (Å²) in [6.07, 6.45) is 3.51. The molecule has 32 heavy (non-hydrogen) atoms. The SMILES string of the molecule is CC(=O)NCc1ccc(-c2nccnc2N2CCN(Cc3c(C)nn(C)c3C)CC2)cc1. The van der Waals surface area contributed by atoms with Gasteiger partial charge in [0.2, 0.25) is 5.91 Å². The number of amides is 1. The van der Waals surface area contributed by atoms with Crippen molar-refractivity contribution in [3.8, 4) is 11.3 Å². The maximum atomic E-state index is 11.1. The number of rotatable bonds is 6. The number of anilines is 1. The lowest BCUT2D eigenvalue weighted by Crippen LogP contribution is -2.46. The standard InChI is InChI=1S/C24H31N7O/c1-17-22(18(2)29(4)28-17)16-30-11-13-31(14-12-30)24-23(25-9-10-26-24)21-7-5-20(6-8-21)15-27-19(3)32/h5-10H,11-16H2,1-4H3,(H,27,32). The Balaban J connectivity index is 1.44. The number of carbonyl (C=O) groups is 1. The number of aromatic nitrogens is 4. The lowest BCUT2D eigenvalue weighted by atomic mass is 10.1. The highest BCUT2D eigenvalue weighted by molar-refractivity contribution is 5.73. The van der Waals surface area contributed by atoms with Crippen LogP contribution in [0.25, 0.3) is 11.3 Å². The van der Waals surface area contributed by atoms with Gasteiger partial charge in [0.15, 0.2) is 5.82 Å². The highest BCUT2D eigenvalue weighted by atomic mass is 16.1. The second-order valence-corrected chi connectivity index (χ2v) is 8.37. The first-order chi connectivity index (χ1) is 15.4. The highest BCUT2D eigenvalue weighted by Gasteiger charge is 2.23. The third-order valence-electron chi connectivity index (χ3n) is 6.16. The van der Waals surface area contributed by atoms with E-state index in [4.69, 9.17) is 0 Å². The van der Waals surface area contributed by atoms with Gasteiger partial charge in [0, 0.05) is 82.5 Å². The number of nitrogens with zero attached hydrogens (tertiary/aromatic N) is 6. The second-order valence-electron chi connectivity index (χ2n) is 8.37. The van der Waals surface area contributed by atoms with Crippen molar-refractivity contribution < 1.29 is 4.79 Å². The number of benzene rings is 1. The van der Waals surface area contributed by atoms with Crippen LogP contribution in [-0.2, 0) is 24.9 Å². The van der Waals surface area contributed by atoms with E-state index in [1.807, 2.05) is 23.9 Å². The summed E-state index contributed by atoms with van der Waals surface area (Å²) in [5, 5.41) is 7.38. The monoisotopic (exact) mass is 433 g/mol. The molecule has 0 saturated carbocycles. The van der Waals surface area contributed by atoms with Crippen LogP contribution in [-0.4, -0.2) is 56.7 Å². The minimum atomic E-state index is -0.0294. The van der Waals surface area contributed by atoms with E-state index in [9.17, 15) is 4.79 Å². The quantitative estimate of drug-likeness (QED) is 0.643. The molecule has 0 radical (unpaired) electrons. The minimum absolute atomic E-state index is 0.0294. The number of carbonyl (C=O) groups excluding carboxylic acids is 1. The van der Waals surface area contributed by atoms with Gasteiger partial charge in [0.05, 0.1) is 5.69 Å². The maximum Gasteiger partial charge on any atom is 0.217 e. The molecule has 0 spiro atoms. The summed E-state index contributed by atoms with van der Waals surface area (Å²) in [5.41, 5.74) is 6.67. The lowest BCUT2D eigenvalue weighted by Gasteiger charge is -2.36. The molecule has 1 aliphatic heterocycles. The predicted octanol–water partition coefficient (Wildman–Crippen LogP) is 2.45. The molecular formula is C24H31N7O. The van der Waals surface area contributed by atoms with Crippen LogP contribution in [0.2, 0.25) is 0 Å². The Morgan fingerprint density at radius 2 is 1.72 bits per heavy atom. The van der Waals surface area contributed by atoms with Crippen molar-refractivity contribution in [3.63, 3.8) is 0 Å². The Morgan fingerprint density at radius 1 is 1.03 bits per heavy atom. The van der Waals surface area contributed by atoms with E-state index in [1.54, 1.807) is 12.4 Å². The Labute approximate surface area is 189 Å². The maximum absolute atomic E-state index is 11.1. The van der Waals surface area contributed by atoms with Gasteiger partial charge in [0.1, 0.15) is 5.69 Å². The number of hydrogen-bond acceptors (Lipinski definition) is 6. The van der Waals surface area contributed by atoms with Crippen LogP contribution in [0.5, 0.6) is 0 Å².